The molecule has 2 fully saturated rings. The maximum absolute atomic E-state index is 12.6. The van der Waals surface area contributed by atoms with Crippen molar-refractivity contribution in [3.63, 3.8) is 0 Å². The van der Waals surface area contributed by atoms with E-state index in [1.807, 2.05) is 24.3 Å². The van der Waals surface area contributed by atoms with E-state index < -0.39 is 11.4 Å². The maximum atomic E-state index is 12.6. The first-order valence-corrected chi connectivity index (χ1v) is 8.47. The molecule has 2 saturated heterocycles. The highest BCUT2D eigenvalue weighted by Crippen LogP contribution is 2.32. The molecule has 7 heteroatoms. The van der Waals surface area contributed by atoms with Crippen LogP contribution in [-0.4, -0.2) is 41.0 Å². The summed E-state index contributed by atoms with van der Waals surface area (Å²) in [6.45, 7) is 2.48. The molecule has 0 aliphatic carbocycles. The molecular formula is C16H20BrN3O3. The second kappa shape index (κ2) is 6.22. The van der Waals surface area contributed by atoms with E-state index in [0.29, 0.717) is 19.4 Å². The summed E-state index contributed by atoms with van der Waals surface area (Å²) in [6, 6.07) is 7.75. The Bertz CT molecular complexity index is 622. The van der Waals surface area contributed by atoms with Crippen molar-refractivity contribution >= 4 is 27.8 Å². The number of hydrazine groups is 1. The third-order valence-electron chi connectivity index (χ3n) is 4.77. The number of benzene rings is 1. The van der Waals surface area contributed by atoms with E-state index in [1.54, 1.807) is 11.8 Å². The number of likely N-dealkylation sites (tertiary alicyclic amines) is 1. The fourth-order valence-corrected chi connectivity index (χ4v) is 3.44. The summed E-state index contributed by atoms with van der Waals surface area (Å²) < 4.78 is 1.02. The maximum Gasteiger partial charge on any atom is 0.311 e. The zero-order valence-corrected chi connectivity index (χ0v) is 14.5. The van der Waals surface area contributed by atoms with E-state index in [0.717, 1.165) is 10.0 Å². The number of carboxylic acids is 1. The third-order valence-corrected chi connectivity index (χ3v) is 5.30. The van der Waals surface area contributed by atoms with Gasteiger partial charge in [-0.3, -0.25) is 9.59 Å². The number of aliphatic carboxylic acids is 1. The molecule has 23 heavy (non-hydrogen) atoms. The van der Waals surface area contributed by atoms with Gasteiger partial charge in [-0.25, -0.2) is 10.9 Å². The lowest BCUT2D eigenvalue weighted by Crippen LogP contribution is -2.45. The van der Waals surface area contributed by atoms with Crippen molar-refractivity contribution in [1.82, 2.24) is 15.8 Å². The number of hydrogen-bond acceptors (Lipinski definition) is 4. The number of nitrogens with zero attached hydrogens (tertiary/aromatic N) is 1. The van der Waals surface area contributed by atoms with Gasteiger partial charge >= 0.3 is 5.97 Å². The zero-order valence-electron chi connectivity index (χ0n) is 12.9. The Labute approximate surface area is 143 Å². The molecule has 2 aliphatic heterocycles. The number of carbonyl (C=O) groups excluding carboxylic acids is 1. The molecule has 2 aliphatic rings. The third kappa shape index (κ3) is 3.27. The lowest BCUT2D eigenvalue weighted by Gasteiger charge is -2.22. The highest BCUT2D eigenvalue weighted by Gasteiger charge is 2.44. The highest BCUT2D eigenvalue weighted by atomic mass is 79.9. The van der Waals surface area contributed by atoms with E-state index in [1.165, 1.54) is 0 Å². The number of carboxylic acid groups (broad SMARTS) is 1. The molecule has 0 radical (unpaired) electrons. The van der Waals surface area contributed by atoms with Crippen LogP contribution in [0.4, 0.5) is 0 Å². The van der Waals surface area contributed by atoms with E-state index in [9.17, 15) is 14.7 Å². The molecule has 3 rings (SSSR count). The number of halogens is 1. The van der Waals surface area contributed by atoms with Crippen LogP contribution in [0.5, 0.6) is 0 Å². The number of rotatable bonds is 3. The van der Waals surface area contributed by atoms with Crippen LogP contribution in [0.1, 0.15) is 31.4 Å². The number of amides is 1. The Morgan fingerprint density at radius 3 is 2.61 bits per heavy atom. The average Bonchev–Trinajstić information content (AvgIpc) is 3.15. The van der Waals surface area contributed by atoms with E-state index in [2.05, 4.69) is 26.8 Å². The standard InChI is InChI=1S/C16H20BrN3O3/c1-16(15(22)23)6-7-20(9-16)14(21)13-8-12(18-19-13)10-2-4-11(17)5-3-10/h2-5,12-13,18-19H,6-9H2,1H3,(H,22,23). The van der Waals surface area contributed by atoms with Gasteiger partial charge in [0.1, 0.15) is 6.04 Å². The van der Waals surface area contributed by atoms with Crippen LogP contribution >= 0.6 is 15.9 Å². The van der Waals surface area contributed by atoms with Crippen molar-refractivity contribution in [1.29, 1.82) is 0 Å². The average molecular weight is 382 g/mol. The first-order chi connectivity index (χ1) is 10.9. The summed E-state index contributed by atoms with van der Waals surface area (Å²) in [5.74, 6) is -0.861. The molecule has 1 aromatic rings. The van der Waals surface area contributed by atoms with Gasteiger partial charge in [0.25, 0.3) is 0 Å². The Morgan fingerprint density at radius 1 is 1.30 bits per heavy atom. The molecule has 1 aromatic carbocycles. The second-order valence-corrected chi connectivity index (χ2v) is 7.47. The first-order valence-electron chi connectivity index (χ1n) is 7.68. The van der Waals surface area contributed by atoms with Crippen LogP contribution < -0.4 is 10.9 Å². The second-order valence-electron chi connectivity index (χ2n) is 6.56. The Hall–Kier alpha value is -1.44. The van der Waals surface area contributed by atoms with Crippen molar-refractivity contribution in [2.75, 3.05) is 13.1 Å². The molecule has 2 heterocycles. The predicted molar refractivity (Wildman–Crippen MR) is 88.5 cm³/mol. The van der Waals surface area contributed by atoms with Crippen LogP contribution in [0.2, 0.25) is 0 Å². The summed E-state index contributed by atoms with van der Waals surface area (Å²) in [6.07, 6.45) is 1.16. The van der Waals surface area contributed by atoms with Gasteiger partial charge in [0.15, 0.2) is 0 Å². The summed E-state index contributed by atoms with van der Waals surface area (Å²) in [7, 11) is 0. The van der Waals surface area contributed by atoms with Crippen LogP contribution in [0.25, 0.3) is 0 Å². The summed E-state index contributed by atoms with van der Waals surface area (Å²) in [5, 5.41) is 9.28. The molecule has 3 N–H and O–H groups in total. The molecule has 0 spiro atoms. The minimum atomic E-state index is -0.835. The largest absolute Gasteiger partial charge is 0.481 e. The van der Waals surface area contributed by atoms with Crippen LogP contribution in [0.15, 0.2) is 28.7 Å². The molecule has 0 bridgehead atoms. The number of hydrogen-bond donors (Lipinski definition) is 3. The SMILES string of the molecule is CC1(C(=O)O)CCN(C(=O)C2CC(c3ccc(Br)cc3)NN2)C1. The lowest BCUT2D eigenvalue weighted by molar-refractivity contribution is -0.147. The summed E-state index contributed by atoms with van der Waals surface area (Å²) in [4.78, 5) is 25.6. The van der Waals surface area contributed by atoms with Gasteiger partial charge in [-0.05, 0) is 37.5 Å². The zero-order chi connectivity index (χ0) is 16.6. The number of nitrogens with one attached hydrogen (secondary N) is 2. The van der Waals surface area contributed by atoms with Crippen molar-refractivity contribution < 1.29 is 14.7 Å². The molecule has 6 nitrogen and oxygen atoms in total. The van der Waals surface area contributed by atoms with Gasteiger partial charge in [-0.15, -0.1) is 0 Å². The minimum Gasteiger partial charge on any atom is -0.481 e. The van der Waals surface area contributed by atoms with E-state index in [-0.39, 0.29) is 24.5 Å². The molecule has 0 aromatic heterocycles. The minimum absolute atomic E-state index is 0.0258. The molecule has 3 atom stereocenters. The van der Waals surface area contributed by atoms with Crippen LogP contribution in [0, 0.1) is 5.41 Å². The number of carbonyl (C=O) groups is 2. The van der Waals surface area contributed by atoms with E-state index in [4.69, 9.17) is 0 Å². The molecular weight excluding hydrogens is 362 g/mol. The molecule has 0 saturated carbocycles. The van der Waals surface area contributed by atoms with Crippen LogP contribution in [0.3, 0.4) is 0 Å². The monoisotopic (exact) mass is 381 g/mol. The van der Waals surface area contributed by atoms with E-state index >= 15 is 0 Å². The fourth-order valence-electron chi connectivity index (χ4n) is 3.18. The lowest BCUT2D eigenvalue weighted by atomic mass is 9.90. The Balaban J connectivity index is 1.62. The van der Waals surface area contributed by atoms with Crippen LogP contribution in [-0.2, 0) is 9.59 Å². The first kappa shape index (κ1) is 16.4. The van der Waals surface area contributed by atoms with Gasteiger partial charge in [-0.2, -0.15) is 0 Å². The van der Waals surface area contributed by atoms with Crippen molar-refractivity contribution in [2.45, 2.75) is 31.8 Å². The smallest absolute Gasteiger partial charge is 0.311 e. The van der Waals surface area contributed by atoms with Gasteiger partial charge in [0.2, 0.25) is 5.91 Å². The van der Waals surface area contributed by atoms with Gasteiger partial charge in [0, 0.05) is 23.6 Å². The van der Waals surface area contributed by atoms with Gasteiger partial charge in [0.05, 0.1) is 5.41 Å². The molecule has 124 valence electrons. The quantitative estimate of drug-likeness (QED) is 0.741. The summed E-state index contributed by atoms with van der Waals surface area (Å²) in [5.41, 5.74) is 6.51. The highest BCUT2D eigenvalue weighted by molar-refractivity contribution is 9.10. The van der Waals surface area contributed by atoms with Gasteiger partial charge in [-0.1, -0.05) is 28.1 Å². The molecule has 3 unspecified atom stereocenters. The fraction of sp³-hybridized carbons (Fsp3) is 0.500. The topological polar surface area (TPSA) is 81.7 Å². The summed E-state index contributed by atoms with van der Waals surface area (Å²) >= 11 is 3.41. The van der Waals surface area contributed by atoms with Gasteiger partial charge < -0.3 is 10.0 Å². The normalized spacial score (nSPS) is 30.6. The molecule has 1 amide bonds. The van der Waals surface area contributed by atoms with Crippen molar-refractivity contribution in [2.24, 2.45) is 5.41 Å². The predicted octanol–water partition coefficient (Wildman–Crippen LogP) is 1.68. The Kier molecular flexibility index (Phi) is 4.44. The Morgan fingerprint density at radius 2 is 2.00 bits per heavy atom. The van der Waals surface area contributed by atoms with Crippen molar-refractivity contribution in [3.05, 3.63) is 34.3 Å². The van der Waals surface area contributed by atoms with Crippen molar-refractivity contribution in [3.8, 4) is 0 Å².